The van der Waals surface area contributed by atoms with Gasteiger partial charge < -0.3 is 23.7 Å². The molecule has 144 valence electrons. The Kier molecular flexibility index (Phi) is 6.09. The Morgan fingerprint density at radius 1 is 1.46 bits per heavy atom. The molecule has 2 aromatic heterocycles. The van der Waals surface area contributed by atoms with Gasteiger partial charge in [0, 0.05) is 33.1 Å². The Bertz CT molecular complexity index is 715. The summed E-state index contributed by atoms with van der Waals surface area (Å²) < 4.78 is 51.8. The molecule has 1 N–H and O–H groups in total. The lowest BCUT2D eigenvalue weighted by Crippen LogP contribution is -2.48. The molecule has 2 rings (SSSR count). The van der Waals surface area contributed by atoms with Crippen molar-refractivity contribution in [2.24, 2.45) is 7.05 Å². The van der Waals surface area contributed by atoms with Crippen LogP contribution < -0.4 is 0 Å². The highest BCUT2D eigenvalue weighted by Crippen LogP contribution is 2.41. The molecular weight excluding hydrogens is 355 g/mol. The number of aromatic nitrogens is 2. The van der Waals surface area contributed by atoms with Crippen molar-refractivity contribution in [3.63, 3.8) is 0 Å². The molecule has 0 saturated carbocycles. The Morgan fingerprint density at radius 3 is 2.69 bits per heavy atom. The van der Waals surface area contributed by atoms with Gasteiger partial charge in [0.15, 0.2) is 5.82 Å². The number of carbonyl (C=O) groups excluding carboxylic acids is 1. The number of amides is 1. The second-order valence-corrected chi connectivity index (χ2v) is 5.78. The SMILES string of the molecule is COCCN(Cc1ccco1)C(=O)CC(O)(c1nccn1C)C(F)(F)F. The number of rotatable bonds is 8. The van der Waals surface area contributed by atoms with Crippen LogP contribution >= 0.6 is 0 Å². The fourth-order valence-corrected chi connectivity index (χ4v) is 2.48. The molecule has 1 amide bonds. The van der Waals surface area contributed by atoms with E-state index in [0.29, 0.717) is 5.76 Å². The third-order valence-corrected chi connectivity index (χ3v) is 3.91. The molecule has 0 spiro atoms. The Morgan fingerprint density at radius 2 is 2.19 bits per heavy atom. The second-order valence-electron chi connectivity index (χ2n) is 5.78. The molecule has 2 aromatic rings. The van der Waals surface area contributed by atoms with Gasteiger partial charge in [-0.3, -0.25) is 4.79 Å². The number of aryl methyl sites for hydroxylation is 1. The molecule has 1 unspecified atom stereocenters. The summed E-state index contributed by atoms with van der Waals surface area (Å²) in [4.78, 5) is 17.3. The van der Waals surface area contributed by atoms with Crippen LogP contribution in [0.1, 0.15) is 18.0 Å². The summed E-state index contributed by atoms with van der Waals surface area (Å²) in [6.07, 6.45) is -2.50. The lowest BCUT2D eigenvalue weighted by molar-refractivity contribution is -0.272. The number of hydrogen-bond donors (Lipinski definition) is 1. The first kappa shape index (κ1) is 20.0. The Balaban J connectivity index is 2.27. The number of alkyl halides is 3. The van der Waals surface area contributed by atoms with E-state index in [4.69, 9.17) is 9.15 Å². The smallest absolute Gasteiger partial charge is 0.425 e. The Labute approximate surface area is 148 Å². The van der Waals surface area contributed by atoms with E-state index in [1.54, 1.807) is 12.1 Å². The zero-order valence-corrected chi connectivity index (χ0v) is 14.4. The maximum absolute atomic E-state index is 13.6. The number of nitrogens with zero attached hydrogens (tertiary/aromatic N) is 3. The summed E-state index contributed by atoms with van der Waals surface area (Å²) in [5.74, 6) is -1.15. The minimum atomic E-state index is -5.08. The largest absolute Gasteiger partial charge is 0.467 e. The molecule has 0 radical (unpaired) electrons. The van der Waals surface area contributed by atoms with Gasteiger partial charge in [0.2, 0.25) is 11.5 Å². The van der Waals surface area contributed by atoms with E-state index in [9.17, 15) is 23.1 Å². The van der Waals surface area contributed by atoms with Crippen LogP contribution in [0.5, 0.6) is 0 Å². The van der Waals surface area contributed by atoms with E-state index in [1.165, 1.54) is 26.6 Å². The molecule has 0 saturated heterocycles. The average molecular weight is 375 g/mol. The lowest BCUT2D eigenvalue weighted by atomic mass is 9.96. The summed E-state index contributed by atoms with van der Waals surface area (Å²) in [6.45, 7) is 0.132. The number of halogens is 3. The lowest BCUT2D eigenvalue weighted by Gasteiger charge is -2.31. The molecule has 26 heavy (non-hydrogen) atoms. The minimum absolute atomic E-state index is 0.0380. The van der Waals surface area contributed by atoms with E-state index in [1.807, 2.05) is 0 Å². The van der Waals surface area contributed by atoms with Gasteiger partial charge in [0.05, 0.1) is 25.8 Å². The van der Waals surface area contributed by atoms with Crippen LogP contribution in [0.25, 0.3) is 0 Å². The zero-order valence-electron chi connectivity index (χ0n) is 14.4. The molecule has 10 heteroatoms. The van der Waals surface area contributed by atoms with E-state index in [2.05, 4.69) is 4.98 Å². The third-order valence-electron chi connectivity index (χ3n) is 3.91. The number of ether oxygens (including phenoxy) is 1. The predicted molar refractivity (Wildman–Crippen MR) is 83.8 cm³/mol. The van der Waals surface area contributed by atoms with Gasteiger partial charge in [-0.2, -0.15) is 13.2 Å². The molecule has 0 bridgehead atoms. The second kappa shape index (κ2) is 7.92. The first-order valence-electron chi connectivity index (χ1n) is 7.75. The van der Waals surface area contributed by atoms with Crippen molar-refractivity contribution in [3.8, 4) is 0 Å². The zero-order chi connectivity index (χ0) is 19.4. The van der Waals surface area contributed by atoms with Gasteiger partial charge in [-0.05, 0) is 12.1 Å². The van der Waals surface area contributed by atoms with Crippen LogP contribution in [0, 0.1) is 0 Å². The molecule has 2 heterocycles. The van der Waals surface area contributed by atoms with Crippen molar-refractivity contribution in [2.75, 3.05) is 20.3 Å². The van der Waals surface area contributed by atoms with E-state index >= 15 is 0 Å². The molecular formula is C16H20F3N3O4. The van der Waals surface area contributed by atoms with Crippen LogP contribution in [-0.4, -0.2) is 51.9 Å². The first-order chi connectivity index (χ1) is 12.2. The van der Waals surface area contributed by atoms with E-state index in [0.717, 1.165) is 15.7 Å². The Hall–Kier alpha value is -2.33. The average Bonchev–Trinajstić information content (AvgIpc) is 3.21. The third kappa shape index (κ3) is 4.25. The molecule has 7 nitrogen and oxygen atoms in total. The first-order valence-corrected chi connectivity index (χ1v) is 7.75. The van der Waals surface area contributed by atoms with Crippen LogP contribution in [0.3, 0.4) is 0 Å². The van der Waals surface area contributed by atoms with Crippen molar-refractivity contribution in [2.45, 2.75) is 24.7 Å². The van der Waals surface area contributed by atoms with Crippen molar-refractivity contribution < 1.29 is 32.2 Å². The van der Waals surface area contributed by atoms with Crippen molar-refractivity contribution in [3.05, 3.63) is 42.4 Å². The number of aliphatic hydroxyl groups is 1. The highest BCUT2D eigenvalue weighted by atomic mass is 19.4. The van der Waals surface area contributed by atoms with Crippen LogP contribution in [0.4, 0.5) is 13.2 Å². The summed E-state index contributed by atoms with van der Waals surface area (Å²) >= 11 is 0. The van der Waals surface area contributed by atoms with E-state index < -0.39 is 29.9 Å². The molecule has 0 aliphatic carbocycles. The number of imidazole rings is 1. The standard InChI is InChI=1S/C16H20F3N3O4/c1-21-6-5-20-14(21)15(24,16(17,18)19)10-13(23)22(7-9-25-2)11-12-4-3-8-26-12/h3-6,8,24H,7,9-11H2,1-2H3. The van der Waals surface area contributed by atoms with Crippen LogP contribution in [0.2, 0.25) is 0 Å². The predicted octanol–water partition coefficient (Wildman–Crippen LogP) is 1.83. The molecule has 0 aromatic carbocycles. The van der Waals surface area contributed by atoms with E-state index in [-0.39, 0.29) is 19.7 Å². The molecule has 1 atom stereocenters. The van der Waals surface area contributed by atoms with Gasteiger partial charge >= 0.3 is 6.18 Å². The van der Waals surface area contributed by atoms with Gasteiger partial charge in [-0.15, -0.1) is 0 Å². The number of methoxy groups -OCH3 is 1. The fraction of sp³-hybridized carbons (Fsp3) is 0.500. The number of carbonyl (C=O) groups is 1. The topological polar surface area (TPSA) is 80.7 Å². The number of furan rings is 1. The van der Waals surface area contributed by atoms with Crippen molar-refractivity contribution >= 4 is 5.91 Å². The van der Waals surface area contributed by atoms with Crippen molar-refractivity contribution in [1.29, 1.82) is 0 Å². The van der Waals surface area contributed by atoms with Crippen molar-refractivity contribution in [1.82, 2.24) is 14.5 Å². The summed E-state index contributed by atoms with van der Waals surface area (Å²) in [5, 5.41) is 10.3. The summed E-state index contributed by atoms with van der Waals surface area (Å²) in [7, 11) is 2.73. The molecule has 0 fully saturated rings. The highest BCUT2D eigenvalue weighted by Gasteiger charge is 2.59. The van der Waals surface area contributed by atoms with Gasteiger partial charge in [0.1, 0.15) is 5.76 Å². The van der Waals surface area contributed by atoms with Gasteiger partial charge in [-0.25, -0.2) is 4.98 Å². The van der Waals surface area contributed by atoms with Gasteiger partial charge in [-0.1, -0.05) is 0 Å². The monoisotopic (exact) mass is 375 g/mol. The fourth-order valence-electron chi connectivity index (χ4n) is 2.48. The van der Waals surface area contributed by atoms with Crippen LogP contribution in [-0.2, 0) is 28.7 Å². The normalized spacial score (nSPS) is 14.2. The van der Waals surface area contributed by atoms with Crippen LogP contribution in [0.15, 0.2) is 35.2 Å². The maximum Gasteiger partial charge on any atom is 0.425 e. The summed E-state index contributed by atoms with van der Waals surface area (Å²) in [5.41, 5.74) is -3.41. The summed E-state index contributed by atoms with van der Waals surface area (Å²) in [6, 6.07) is 3.20. The highest BCUT2D eigenvalue weighted by molar-refractivity contribution is 5.77. The maximum atomic E-state index is 13.6. The molecule has 0 aliphatic heterocycles. The number of hydrogen-bond acceptors (Lipinski definition) is 5. The minimum Gasteiger partial charge on any atom is -0.467 e. The van der Waals surface area contributed by atoms with Gasteiger partial charge in [0.25, 0.3) is 0 Å². The molecule has 0 aliphatic rings. The quantitative estimate of drug-likeness (QED) is 0.761.